The molecule has 0 radical (unpaired) electrons. The Bertz CT molecular complexity index is 1550. The lowest BCUT2D eigenvalue weighted by Crippen LogP contribution is -2.49. The first kappa shape index (κ1) is 43.6. The van der Waals surface area contributed by atoms with Gasteiger partial charge in [0.1, 0.15) is 0 Å². The van der Waals surface area contributed by atoms with Crippen LogP contribution in [0.1, 0.15) is 144 Å². The number of rotatable bonds is 13. The Labute approximate surface area is 334 Å². The fourth-order valence-electron chi connectivity index (χ4n) is 9.78. The Morgan fingerprint density at radius 2 is 1.54 bits per heavy atom. The summed E-state index contributed by atoms with van der Waals surface area (Å²) in [7, 11) is -3.96. The molecule has 0 aliphatic heterocycles. The molecular weight excluding hydrogens is 693 g/mol. The number of aliphatic hydroxyl groups excluding tert-OH is 1. The normalized spacial score (nSPS) is 30.6. The second-order valence-corrected chi connectivity index (χ2v) is 31.0. The van der Waals surface area contributed by atoms with Crippen LogP contribution in [0.2, 0.25) is 36.3 Å². The molecule has 4 saturated carbocycles. The van der Waals surface area contributed by atoms with E-state index in [2.05, 4.69) is 137 Å². The van der Waals surface area contributed by atoms with Gasteiger partial charge in [-0.1, -0.05) is 129 Å². The molecule has 5 rings (SSSR count). The van der Waals surface area contributed by atoms with E-state index in [4.69, 9.17) is 15.4 Å². The predicted molar refractivity (Wildman–Crippen MR) is 237 cm³/mol. The van der Waals surface area contributed by atoms with Gasteiger partial charge in [-0.25, -0.2) is 0 Å². The number of aryl methyl sites for hydroxylation is 1. The van der Waals surface area contributed by atoms with Crippen LogP contribution in [0.3, 0.4) is 0 Å². The van der Waals surface area contributed by atoms with Crippen molar-refractivity contribution in [3.05, 3.63) is 83.0 Å². The number of fused-ring (bicyclic) bond motifs is 1. The summed E-state index contributed by atoms with van der Waals surface area (Å²) in [6.45, 7) is 35.5. The fourth-order valence-corrected chi connectivity index (χ4v) is 12.5. The van der Waals surface area contributed by atoms with Gasteiger partial charge in [-0.3, -0.25) is 0 Å². The molecule has 54 heavy (non-hydrogen) atoms. The van der Waals surface area contributed by atoms with E-state index < -0.39 is 22.7 Å². The smallest absolute Gasteiger partial charge is 0.192 e. The first-order valence-corrected chi connectivity index (χ1v) is 27.8. The van der Waals surface area contributed by atoms with Crippen LogP contribution in [-0.4, -0.2) is 40.1 Å². The molecule has 4 fully saturated rings. The van der Waals surface area contributed by atoms with Crippen molar-refractivity contribution in [2.45, 2.75) is 199 Å². The molecule has 0 bridgehead atoms. The average Bonchev–Trinajstić information content (AvgIpc) is 3.81. The van der Waals surface area contributed by atoms with E-state index in [9.17, 15) is 5.11 Å². The monoisotopic (exact) mass is 773 g/mol. The molecule has 1 aromatic carbocycles. The minimum Gasteiger partial charge on any atom is -0.413 e. The highest BCUT2D eigenvalue weighted by Crippen LogP contribution is 2.60. The summed E-state index contributed by atoms with van der Waals surface area (Å²) in [5.74, 6) is 1.69. The van der Waals surface area contributed by atoms with Gasteiger partial charge in [0.2, 0.25) is 0 Å². The minimum atomic E-state index is -2.00. The van der Waals surface area contributed by atoms with Crippen LogP contribution in [-0.2, 0) is 20.7 Å². The molecule has 0 amide bonds. The zero-order valence-electron chi connectivity index (χ0n) is 37.0. The van der Waals surface area contributed by atoms with Crippen molar-refractivity contribution in [2.75, 3.05) is 0 Å². The summed E-state index contributed by atoms with van der Waals surface area (Å²) < 4.78 is 14.3. The van der Waals surface area contributed by atoms with Crippen LogP contribution in [0.5, 0.6) is 0 Å². The second kappa shape index (κ2) is 16.4. The highest BCUT2D eigenvalue weighted by atomic mass is 28.4. The van der Waals surface area contributed by atoms with Crippen molar-refractivity contribution in [1.29, 1.82) is 0 Å². The second-order valence-electron chi connectivity index (χ2n) is 21.5. The van der Waals surface area contributed by atoms with Crippen molar-refractivity contribution in [2.24, 2.45) is 23.2 Å². The number of hydrogen-bond acceptors (Lipinski definition) is 3. The van der Waals surface area contributed by atoms with Gasteiger partial charge in [0.25, 0.3) is 0 Å². The molecule has 4 aliphatic carbocycles. The van der Waals surface area contributed by atoms with Gasteiger partial charge in [-0.2, -0.15) is 0 Å². The number of allylic oxidation sites excluding steroid dienone is 4. The molecule has 0 unspecified atom stereocenters. The van der Waals surface area contributed by atoms with Crippen molar-refractivity contribution >= 4 is 16.6 Å². The quantitative estimate of drug-likeness (QED) is 0.160. The molecular formula is C49H80O3Si2. The van der Waals surface area contributed by atoms with E-state index >= 15 is 0 Å². The third-order valence-electron chi connectivity index (χ3n) is 15.7. The van der Waals surface area contributed by atoms with Crippen molar-refractivity contribution in [3.8, 4) is 0 Å². The SMILES string of the molecule is C=C1/C(=C\C=C2/CCC[C@]3(C)[C@@H]([C@H](C)/C=C/[C@@H](O)C4(c5ccc(CCCC)cc5)CC4)CC[C@@H]23)C[C@@H](O[Si](C)(C)C(C)(C)C)C[C@@H]1O[Si](C)(C)C(C)(C)C. The Kier molecular flexibility index (Phi) is 13.2. The number of benzene rings is 1. The van der Waals surface area contributed by atoms with Crippen molar-refractivity contribution in [3.63, 3.8) is 0 Å². The highest BCUT2D eigenvalue weighted by molar-refractivity contribution is 6.74. The average molecular weight is 773 g/mol. The van der Waals surface area contributed by atoms with E-state index in [-0.39, 0.29) is 33.1 Å². The van der Waals surface area contributed by atoms with Gasteiger partial charge in [-0.05, 0) is 146 Å². The Hall–Kier alpha value is -1.51. The first-order chi connectivity index (χ1) is 25.0. The molecule has 5 heteroatoms. The van der Waals surface area contributed by atoms with Gasteiger partial charge in [0.15, 0.2) is 16.6 Å². The summed E-state index contributed by atoms with van der Waals surface area (Å²) in [5, 5.41) is 11.9. The van der Waals surface area contributed by atoms with E-state index in [1.165, 1.54) is 67.2 Å². The first-order valence-electron chi connectivity index (χ1n) is 21.9. The molecule has 3 nitrogen and oxygen atoms in total. The largest absolute Gasteiger partial charge is 0.413 e. The Balaban J connectivity index is 1.32. The van der Waals surface area contributed by atoms with Crippen LogP contribution in [0.4, 0.5) is 0 Å². The molecule has 1 aromatic rings. The Morgan fingerprint density at radius 1 is 0.907 bits per heavy atom. The van der Waals surface area contributed by atoms with Gasteiger partial charge in [0, 0.05) is 11.8 Å². The molecule has 0 saturated heterocycles. The summed E-state index contributed by atoms with van der Waals surface area (Å²) >= 11 is 0. The zero-order valence-corrected chi connectivity index (χ0v) is 39.0. The maximum atomic E-state index is 11.6. The summed E-state index contributed by atoms with van der Waals surface area (Å²) in [6, 6.07) is 9.16. The predicted octanol–water partition coefficient (Wildman–Crippen LogP) is 13.8. The van der Waals surface area contributed by atoms with Crippen molar-refractivity contribution < 1.29 is 14.0 Å². The minimum absolute atomic E-state index is 0.00876. The van der Waals surface area contributed by atoms with Crippen LogP contribution in [0.25, 0.3) is 0 Å². The summed E-state index contributed by atoms with van der Waals surface area (Å²) in [6.07, 6.45) is 23.1. The molecule has 0 aromatic heterocycles. The number of unbranched alkanes of at least 4 members (excludes halogenated alkanes) is 1. The number of aliphatic hydroxyl groups is 1. The molecule has 4 aliphatic rings. The van der Waals surface area contributed by atoms with E-state index in [0.717, 1.165) is 32.1 Å². The van der Waals surface area contributed by atoms with E-state index in [1.807, 2.05) is 0 Å². The summed E-state index contributed by atoms with van der Waals surface area (Å²) in [5.41, 5.74) is 7.06. The Morgan fingerprint density at radius 3 is 2.13 bits per heavy atom. The molecule has 7 atom stereocenters. The van der Waals surface area contributed by atoms with Gasteiger partial charge in [-0.15, -0.1) is 0 Å². The van der Waals surface area contributed by atoms with E-state index in [0.29, 0.717) is 17.8 Å². The maximum Gasteiger partial charge on any atom is 0.192 e. The van der Waals surface area contributed by atoms with Crippen LogP contribution in [0.15, 0.2) is 71.9 Å². The molecule has 302 valence electrons. The number of hydrogen-bond donors (Lipinski definition) is 1. The van der Waals surface area contributed by atoms with Gasteiger partial charge >= 0.3 is 0 Å². The van der Waals surface area contributed by atoms with Crippen LogP contribution >= 0.6 is 0 Å². The lowest BCUT2D eigenvalue weighted by molar-refractivity contribution is 0.0969. The van der Waals surface area contributed by atoms with E-state index in [1.54, 1.807) is 5.57 Å². The van der Waals surface area contributed by atoms with Crippen LogP contribution < -0.4 is 0 Å². The fraction of sp³-hybridized carbons (Fsp3) is 0.714. The zero-order chi connectivity index (χ0) is 39.9. The lowest BCUT2D eigenvalue weighted by atomic mass is 9.61. The van der Waals surface area contributed by atoms with Crippen molar-refractivity contribution in [1.82, 2.24) is 0 Å². The molecule has 0 spiro atoms. The topological polar surface area (TPSA) is 38.7 Å². The maximum absolute atomic E-state index is 11.6. The third kappa shape index (κ3) is 9.27. The van der Waals surface area contributed by atoms with Gasteiger partial charge in [0.05, 0.1) is 18.3 Å². The molecule has 0 heterocycles. The standard InChI is InChI=1S/C49H80O3Si2/c1-15-16-18-37-21-25-40(26-22-37)49(31-32-49)45(50)29-20-35(2)42-27-28-43-38(19-17-30-48(42,43)10)23-24-39-33-41(51-53(11,12)46(4,5)6)34-44(36(39)3)52-54(13,14)47(7,8)9/h20-26,29,35,41-45,50H,3,15-19,27-28,30-34H2,1-2,4-14H3/b29-20+,38-23+,39-24-/t35-,41-,42-,43+,44+,45-,48-/m1/s1. The summed E-state index contributed by atoms with van der Waals surface area (Å²) in [4.78, 5) is 0. The van der Waals surface area contributed by atoms with Gasteiger partial charge < -0.3 is 14.0 Å². The lowest BCUT2D eigenvalue weighted by Gasteiger charge is -2.45. The van der Waals surface area contributed by atoms with Crippen LogP contribution in [0, 0.1) is 23.2 Å². The highest BCUT2D eigenvalue weighted by Gasteiger charge is 2.52. The molecule has 1 N–H and O–H groups in total. The third-order valence-corrected chi connectivity index (χ3v) is 24.7.